The lowest BCUT2D eigenvalue weighted by Crippen LogP contribution is -2.06. The highest BCUT2D eigenvalue weighted by Crippen LogP contribution is 2.44. The normalized spacial score (nSPS) is 12.5. The van der Waals surface area contributed by atoms with Crippen LogP contribution < -0.4 is 0 Å². The molecule has 0 saturated heterocycles. The van der Waals surface area contributed by atoms with Gasteiger partial charge in [0.2, 0.25) is 0 Å². The van der Waals surface area contributed by atoms with Gasteiger partial charge in [-0.15, -0.1) is 0 Å². The number of hydrogen-bond acceptors (Lipinski definition) is 0. The summed E-state index contributed by atoms with van der Waals surface area (Å²) >= 11 is 11.5. The fourth-order valence-electron chi connectivity index (χ4n) is 3.45. The fourth-order valence-corrected chi connectivity index (χ4v) is 3.90. The van der Waals surface area contributed by atoms with Crippen LogP contribution in [0.25, 0.3) is 33.3 Å². The van der Waals surface area contributed by atoms with Gasteiger partial charge in [0, 0.05) is 16.5 Å². The standard InChI is InChI=1S/C22H11Cl2F6N/c23-16-7-5-11(9-14(16)21(25,26)27)19-13-3-1-2-4-18(13)31-20(19)12-6-8-17(24)15(10-12)22(28,29)30/h1-10,31H. The molecule has 0 fully saturated rings. The van der Waals surface area contributed by atoms with Crippen molar-refractivity contribution in [1.82, 2.24) is 4.98 Å². The molecule has 0 amide bonds. The molecule has 0 aliphatic carbocycles. The molecule has 0 atom stereocenters. The summed E-state index contributed by atoms with van der Waals surface area (Å²) < 4.78 is 80.3. The van der Waals surface area contributed by atoms with Gasteiger partial charge in [-0.05, 0) is 41.5 Å². The Morgan fingerprint density at radius 3 is 1.74 bits per heavy atom. The number of para-hydroxylation sites is 1. The van der Waals surface area contributed by atoms with Crippen molar-refractivity contribution in [1.29, 1.82) is 0 Å². The van der Waals surface area contributed by atoms with Gasteiger partial charge in [0.15, 0.2) is 0 Å². The first-order chi connectivity index (χ1) is 14.5. The third kappa shape index (κ3) is 4.00. The number of aromatic nitrogens is 1. The van der Waals surface area contributed by atoms with E-state index in [1.165, 1.54) is 12.1 Å². The van der Waals surface area contributed by atoms with E-state index in [2.05, 4.69) is 4.98 Å². The van der Waals surface area contributed by atoms with Crippen LogP contribution in [0.3, 0.4) is 0 Å². The summed E-state index contributed by atoms with van der Waals surface area (Å²) in [6, 6.07) is 13.5. The summed E-state index contributed by atoms with van der Waals surface area (Å²) in [5.41, 5.74) is -0.663. The van der Waals surface area contributed by atoms with Crippen molar-refractivity contribution in [3.05, 3.63) is 81.8 Å². The van der Waals surface area contributed by atoms with Gasteiger partial charge < -0.3 is 4.98 Å². The molecule has 4 aromatic rings. The number of halogens is 8. The molecule has 3 aromatic carbocycles. The lowest BCUT2D eigenvalue weighted by atomic mass is 9.96. The van der Waals surface area contributed by atoms with Crippen molar-refractivity contribution in [2.24, 2.45) is 0 Å². The van der Waals surface area contributed by atoms with Gasteiger partial charge >= 0.3 is 12.4 Å². The van der Waals surface area contributed by atoms with E-state index < -0.39 is 33.5 Å². The maximum absolute atomic E-state index is 13.4. The molecule has 1 N–H and O–H groups in total. The van der Waals surface area contributed by atoms with E-state index in [4.69, 9.17) is 23.2 Å². The predicted octanol–water partition coefficient (Wildman–Crippen LogP) is 8.85. The Hall–Kier alpha value is -2.64. The lowest BCUT2D eigenvalue weighted by molar-refractivity contribution is -0.138. The molecule has 0 aliphatic rings. The number of fused-ring (bicyclic) bond motifs is 1. The number of rotatable bonds is 2. The van der Waals surface area contributed by atoms with Crippen molar-refractivity contribution >= 4 is 34.1 Å². The van der Waals surface area contributed by atoms with Gasteiger partial charge in [-0.25, -0.2) is 0 Å². The number of H-pyrrole nitrogens is 1. The number of nitrogens with one attached hydrogen (secondary N) is 1. The van der Waals surface area contributed by atoms with E-state index in [0.29, 0.717) is 16.5 Å². The molecule has 1 aromatic heterocycles. The summed E-state index contributed by atoms with van der Waals surface area (Å²) in [5.74, 6) is 0. The molecule has 0 aliphatic heterocycles. The van der Waals surface area contributed by atoms with Crippen LogP contribution in [0.2, 0.25) is 10.0 Å². The third-order valence-electron chi connectivity index (χ3n) is 4.83. The predicted molar refractivity (Wildman–Crippen MR) is 109 cm³/mol. The van der Waals surface area contributed by atoms with Crippen LogP contribution in [-0.2, 0) is 12.4 Å². The smallest absolute Gasteiger partial charge is 0.354 e. The summed E-state index contributed by atoms with van der Waals surface area (Å²) in [6.45, 7) is 0. The van der Waals surface area contributed by atoms with Crippen LogP contribution >= 0.6 is 23.2 Å². The van der Waals surface area contributed by atoms with Gasteiger partial charge in [-0.3, -0.25) is 0 Å². The van der Waals surface area contributed by atoms with E-state index in [1.54, 1.807) is 24.3 Å². The Bertz CT molecular complexity index is 1290. The molecular formula is C22H11Cl2F6N. The highest BCUT2D eigenvalue weighted by atomic mass is 35.5. The molecule has 0 radical (unpaired) electrons. The Morgan fingerprint density at radius 2 is 1.16 bits per heavy atom. The van der Waals surface area contributed by atoms with Crippen LogP contribution in [0.4, 0.5) is 26.3 Å². The van der Waals surface area contributed by atoms with Crippen molar-refractivity contribution in [3.63, 3.8) is 0 Å². The zero-order valence-corrected chi connectivity index (χ0v) is 16.8. The highest BCUT2D eigenvalue weighted by Gasteiger charge is 2.35. The first-order valence-corrected chi connectivity index (χ1v) is 9.57. The van der Waals surface area contributed by atoms with Crippen LogP contribution in [-0.4, -0.2) is 4.98 Å². The zero-order chi connectivity index (χ0) is 22.6. The Morgan fingerprint density at radius 1 is 0.645 bits per heavy atom. The number of benzene rings is 3. The van der Waals surface area contributed by atoms with E-state index in [-0.39, 0.29) is 16.8 Å². The fraction of sp³-hybridized carbons (Fsp3) is 0.0909. The summed E-state index contributed by atoms with van der Waals surface area (Å²) in [4.78, 5) is 3.03. The van der Waals surface area contributed by atoms with Gasteiger partial charge in [0.05, 0.1) is 26.9 Å². The first-order valence-electron chi connectivity index (χ1n) is 8.82. The summed E-state index contributed by atoms with van der Waals surface area (Å²) in [5, 5.41) is -0.389. The Balaban J connectivity index is 2.02. The summed E-state index contributed by atoms with van der Waals surface area (Å²) in [6.07, 6.45) is -9.38. The average Bonchev–Trinajstić information content (AvgIpc) is 3.06. The van der Waals surface area contributed by atoms with Gasteiger partial charge in [0.25, 0.3) is 0 Å². The van der Waals surface area contributed by atoms with E-state index in [0.717, 1.165) is 24.3 Å². The zero-order valence-electron chi connectivity index (χ0n) is 15.3. The quantitative estimate of drug-likeness (QED) is 0.280. The maximum Gasteiger partial charge on any atom is 0.417 e. The molecule has 1 heterocycles. The second-order valence-electron chi connectivity index (χ2n) is 6.81. The molecule has 0 spiro atoms. The monoisotopic (exact) mass is 473 g/mol. The minimum Gasteiger partial charge on any atom is -0.354 e. The SMILES string of the molecule is FC(F)(F)c1cc(-c2[nH]c3ccccc3c2-c2ccc(Cl)c(C(F)(F)F)c2)ccc1Cl. The molecule has 4 rings (SSSR count). The van der Waals surface area contributed by atoms with E-state index in [1.807, 2.05) is 0 Å². The van der Waals surface area contributed by atoms with Gasteiger partial charge in [-0.1, -0.05) is 53.5 Å². The second-order valence-corrected chi connectivity index (χ2v) is 7.62. The summed E-state index contributed by atoms with van der Waals surface area (Å²) in [7, 11) is 0. The van der Waals surface area contributed by atoms with Crippen molar-refractivity contribution in [2.45, 2.75) is 12.4 Å². The van der Waals surface area contributed by atoms with Crippen LogP contribution in [0, 0.1) is 0 Å². The number of aromatic amines is 1. The molecule has 1 nitrogen and oxygen atoms in total. The van der Waals surface area contributed by atoms with Crippen molar-refractivity contribution < 1.29 is 26.3 Å². The molecule has 9 heteroatoms. The lowest BCUT2D eigenvalue weighted by Gasteiger charge is -2.14. The Labute approximate surface area is 182 Å². The largest absolute Gasteiger partial charge is 0.417 e. The van der Waals surface area contributed by atoms with Gasteiger partial charge in [0.1, 0.15) is 0 Å². The molecule has 0 unspecified atom stereocenters. The van der Waals surface area contributed by atoms with Crippen LogP contribution in [0.1, 0.15) is 11.1 Å². The highest BCUT2D eigenvalue weighted by molar-refractivity contribution is 6.32. The minimum atomic E-state index is -4.69. The first kappa shape index (κ1) is 21.6. The molecular weight excluding hydrogens is 463 g/mol. The third-order valence-corrected chi connectivity index (χ3v) is 5.49. The molecule has 0 bridgehead atoms. The molecule has 31 heavy (non-hydrogen) atoms. The average molecular weight is 474 g/mol. The van der Waals surface area contributed by atoms with Gasteiger partial charge in [-0.2, -0.15) is 26.3 Å². The number of hydrogen-bond donors (Lipinski definition) is 1. The minimum absolute atomic E-state index is 0.131. The molecule has 0 saturated carbocycles. The van der Waals surface area contributed by atoms with E-state index >= 15 is 0 Å². The second kappa shape index (κ2) is 7.50. The number of alkyl halides is 6. The van der Waals surface area contributed by atoms with Crippen LogP contribution in [0.15, 0.2) is 60.7 Å². The Kier molecular flexibility index (Phi) is 5.22. The van der Waals surface area contributed by atoms with Crippen molar-refractivity contribution in [2.75, 3.05) is 0 Å². The molecule has 160 valence electrons. The maximum atomic E-state index is 13.4. The topological polar surface area (TPSA) is 15.8 Å². The van der Waals surface area contributed by atoms with Crippen molar-refractivity contribution in [3.8, 4) is 22.4 Å². The van der Waals surface area contributed by atoms with E-state index in [9.17, 15) is 26.3 Å². The van der Waals surface area contributed by atoms with Crippen LogP contribution in [0.5, 0.6) is 0 Å².